The van der Waals surface area contributed by atoms with Crippen LogP contribution >= 0.6 is 0 Å². The van der Waals surface area contributed by atoms with Gasteiger partial charge in [-0.3, -0.25) is 9.59 Å². The molecule has 2 fully saturated rings. The molecule has 3 rings (SSSR count). The Hall–Kier alpha value is -1.88. The first kappa shape index (κ1) is 17.9. The number of piperidine rings is 2. The van der Waals surface area contributed by atoms with Crippen molar-refractivity contribution >= 4 is 17.5 Å². The van der Waals surface area contributed by atoms with Gasteiger partial charge in [-0.2, -0.15) is 0 Å². The van der Waals surface area contributed by atoms with Crippen LogP contribution in [0.25, 0.3) is 0 Å². The van der Waals surface area contributed by atoms with E-state index in [1.807, 2.05) is 30.0 Å². The zero-order chi connectivity index (χ0) is 18.0. The van der Waals surface area contributed by atoms with E-state index in [4.69, 9.17) is 0 Å². The van der Waals surface area contributed by atoms with E-state index < -0.39 is 0 Å². The van der Waals surface area contributed by atoms with E-state index in [2.05, 4.69) is 6.92 Å². The predicted octanol–water partition coefficient (Wildman–Crippen LogP) is 2.28. The van der Waals surface area contributed by atoms with Crippen LogP contribution in [0.2, 0.25) is 0 Å². The van der Waals surface area contributed by atoms with Crippen LogP contribution < -0.4 is 4.90 Å². The number of benzene rings is 1. The molecule has 0 radical (unpaired) electrons. The smallest absolute Gasteiger partial charge is 0.227 e. The number of nitrogens with zero attached hydrogens (tertiary/aromatic N) is 2. The number of amides is 2. The molecular weight excluding hydrogens is 316 g/mol. The molecule has 1 aromatic carbocycles. The fraction of sp³-hybridized carbons (Fsp3) is 0.600. The molecule has 2 aliphatic heterocycles. The number of hydrogen-bond acceptors (Lipinski definition) is 3. The van der Waals surface area contributed by atoms with Crippen molar-refractivity contribution in [3.8, 4) is 0 Å². The second-order valence-electron chi connectivity index (χ2n) is 7.46. The molecule has 136 valence electrons. The highest BCUT2D eigenvalue weighted by molar-refractivity contribution is 5.96. The van der Waals surface area contributed by atoms with Crippen molar-refractivity contribution in [1.82, 2.24) is 4.90 Å². The Bertz CT molecular complexity index is 650. The van der Waals surface area contributed by atoms with Crippen LogP contribution in [-0.4, -0.2) is 48.1 Å². The van der Waals surface area contributed by atoms with Crippen molar-refractivity contribution in [1.29, 1.82) is 0 Å². The van der Waals surface area contributed by atoms with Gasteiger partial charge in [0.1, 0.15) is 0 Å². The summed E-state index contributed by atoms with van der Waals surface area (Å²) in [5.74, 6) is 0.470. The first-order valence-corrected chi connectivity index (χ1v) is 9.27. The van der Waals surface area contributed by atoms with Crippen molar-refractivity contribution in [3.05, 3.63) is 29.3 Å². The molecule has 0 aromatic heterocycles. The number of rotatable bonds is 3. The van der Waals surface area contributed by atoms with Gasteiger partial charge in [0.25, 0.3) is 0 Å². The van der Waals surface area contributed by atoms with Gasteiger partial charge in [-0.15, -0.1) is 0 Å². The van der Waals surface area contributed by atoms with E-state index in [0.29, 0.717) is 25.3 Å². The molecule has 0 aliphatic carbocycles. The van der Waals surface area contributed by atoms with Crippen LogP contribution in [0.4, 0.5) is 5.69 Å². The number of carbonyl (C=O) groups is 2. The summed E-state index contributed by atoms with van der Waals surface area (Å²) in [6.07, 6.45) is 2.80. The lowest BCUT2D eigenvalue weighted by Crippen LogP contribution is -2.49. The fourth-order valence-electron chi connectivity index (χ4n) is 3.78. The number of aliphatic hydroxyl groups is 1. The Morgan fingerprint density at radius 1 is 1.16 bits per heavy atom. The molecule has 0 saturated carbocycles. The molecular formula is C20H28N2O3. The summed E-state index contributed by atoms with van der Waals surface area (Å²) in [7, 11) is 0. The molecule has 1 unspecified atom stereocenters. The van der Waals surface area contributed by atoms with Gasteiger partial charge in [0.05, 0.1) is 5.92 Å². The summed E-state index contributed by atoms with van der Waals surface area (Å²) in [5, 5.41) is 9.25. The molecule has 5 heteroatoms. The third kappa shape index (κ3) is 3.87. The largest absolute Gasteiger partial charge is 0.396 e. The van der Waals surface area contributed by atoms with Crippen molar-refractivity contribution in [2.45, 2.75) is 39.5 Å². The Morgan fingerprint density at radius 2 is 1.88 bits per heavy atom. The molecule has 1 atom stereocenters. The van der Waals surface area contributed by atoms with Gasteiger partial charge in [0.2, 0.25) is 11.8 Å². The highest BCUT2D eigenvalue weighted by Gasteiger charge is 2.34. The SMILES string of the molecule is Cc1ccc(N2CC(C(=O)N3CCC(CO)CC3)CCC2=O)cc1C. The third-order valence-electron chi connectivity index (χ3n) is 5.75. The zero-order valence-corrected chi connectivity index (χ0v) is 15.2. The average Bonchev–Trinajstić information content (AvgIpc) is 2.64. The van der Waals surface area contributed by atoms with Gasteiger partial charge in [-0.25, -0.2) is 0 Å². The molecule has 2 saturated heterocycles. The molecule has 2 aliphatic rings. The van der Waals surface area contributed by atoms with Gasteiger partial charge in [0.15, 0.2) is 0 Å². The lowest BCUT2D eigenvalue weighted by molar-refractivity contribution is -0.138. The predicted molar refractivity (Wildman–Crippen MR) is 97.4 cm³/mol. The van der Waals surface area contributed by atoms with Crippen LogP contribution in [0.1, 0.15) is 36.8 Å². The molecule has 25 heavy (non-hydrogen) atoms. The van der Waals surface area contributed by atoms with Crippen LogP contribution in [0.5, 0.6) is 0 Å². The van der Waals surface area contributed by atoms with E-state index in [1.165, 1.54) is 5.56 Å². The van der Waals surface area contributed by atoms with Gasteiger partial charge in [-0.1, -0.05) is 6.07 Å². The van der Waals surface area contributed by atoms with E-state index in [9.17, 15) is 14.7 Å². The van der Waals surface area contributed by atoms with Crippen molar-refractivity contribution in [2.75, 3.05) is 31.1 Å². The third-order valence-corrected chi connectivity index (χ3v) is 5.75. The van der Waals surface area contributed by atoms with Crippen LogP contribution in [0.3, 0.4) is 0 Å². The molecule has 2 heterocycles. The molecule has 0 bridgehead atoms. The lowest BCUT2D eigenvalue weighted by Gasteiger charge is -2.37. The minimum atomic E-state index is -0.120. The van der Waals surface area contributed by atoms with E-state index >= 15 is 0 Å². The summed E-state index contributed by atoms with van der Waals surface area (Å²) in [6.45, 7) is 6.22. The average molecular weight is 344 g/mol. The molecule has 2 amide bonds. The highest BCUT2D eigenvalue weighted by atomic mass is 16.3. The maximum absolute atomic E-state index is 12.9. The maximum atomic E-state index is 12.9. The first-order valence-electron chi connectivity index (χ1n) is 9.27. The Labute approximate surface area is 149 Å². The normalized spacial score (nSPS) is 22.4. The van der Waals surface area contributed by atoms with Crippen molar-refractivity contribution in [2.24, 2.45) is 11.8 Å². The number of hydrogen-bond donors (Lipinski definition) is 1. The summed E-state index contributed by atoms with van der Waals surface area (Å²) in [4.78, 5) is 29.0. The Morgan fingerprint density at radius 3 is 2.52 bits per heavy atom. The maximum Gasteiger partial charge on any atom is 0.227 e. The fourth-order valence-corrected chi connectivity index (χ4v) is 3.78. The number of aryl methyl sites for hydroxylation is 2. The number of anilines is 1. The van der Waals surface area contributed by atoms with Gasteiger partial charge < -0.3 is 14.9 Å². The van der Waals surface area contributed by atoms with E-state index in [-0.39, 0.29) is 24.3 Å². The van der Waals surface area contributed by atoms with E-state index in [0.717, 1.165) is 37.2 Å². The molecule has 1 N–H and O–H groups in total. The van der Waals surface area contributed by atoms with Gasteiger partial charge in [0, 0.05) is 38.3 Å². The van der Waals surface area contributed by atoms with Gasteiger partial charge in [-0.05, 0) is 62.3 Å². The molecule has 5 nitrogen and oxygen atoms in total. The first-order chi connectivity index (χ1) is 12.0. The minimum absolute atomic E-state index is 0.103. The second kappa shape index (κ2) is 7.56. The summed E-state index contributed by atoms with van der Waals surface area (Å²) in [5.41, 5.74) is 3.25. The van der Waals surface area contributed by atoms with Crippen LogP contribution in [-0.2, 0) is 9.59 Å². The quantitative estimate of drug-likeness (QED) is 0.915. The number of likely N-dealkylation sites (tertiary alicyclic amines) is 1. The standard InChI is InChI=1S/C20H28N2O3/c1-14-3-5-18(11-15(14)2)22-12-17(4-6-19(22)24)20(25)21-9-7-16(13-23)8-10-21/h3,5,11,16-17,23H,4,6-10,12-13H2,1-2H3. The monoisotopic (exact) mass is 344 g/mol. The Balaban J connectivity index is 1.68. The summed E-state index contributed by atoms with van der Waals surface area (Å²) in [6, 6.07) is 6.04. The molecule has 1 aromatic rings. The summed E-state index contributed by atoms with van der Waals surface area (Å²) < 4.78 is 0. The van der Waals surface area contributed by atoms with Crippen molar-refractivity contribution in [3.63, 3.8) is 0 Å². The highest BCUT2D eigenvalue weighted by Crippen LogP contribution is 2.28. The number of aliphatic hydroxyl groups excluding tert-OH is 1. The van der Waals surface area contributed by atoms with Crippen LogP contribution in [0, 0.1) is 25.7 Å². The van der Waals surface area contributed by atoms with E-state index in [1.54, 1.807) is 4.90 Å². The minimum Gasteiger partial charge on any atom is -0.396 e. The summed E-state index contributed by atoms with van der Waals surface area (Å²) >= 11 is 0. The lowest BCUT2D eigenvalue weighted by atomic mass is 9.92. The second-order valence-corrected chi connectivity index (χ2v) is 7.46. The Kier molecular flexibility index (Phi) is 5.42. The van der Waals surface area contributed by atoms with Crippen LogP contribution in [0.15, 0.2) is 18.2 Å². The topological polar surface area (TPSA) is 60.9 Å². The van der Waals surface area contributed by atoms with Crippen molar-refractivity contribution < 1.29 is 14.7 Å². The zero-order valence-electron chi connectivity index (χ0n) is 15.2. The molecule has 0 spiro atoms. The van der Waals surface area contributed by atoms with Gasteiger partial charge >= 0.3 is 0 Å². The number of carbonyl (C=O) groups excluding carboxylic acids is 2.